The molecule has 0 N–H and O–H groups in total. The van der Waals surface area contributed by atoms with Gasteiger partial charge in [-0.2, -0.15) is 0 Å². The Hall–Kier alpha value is -5.67. The van der Waals surface area contributed by atoms with Gasteiger partial charge in [0.1, 0.15) is 0 Å². The first-order valence-electron chi connectivity index (χ1n) is 15.7. The summed E-state index contributed by atoms with van der Waals surface area (Å²) in [7, 11) is 0. The maximum atomic E-state index is 4.45. The molecule has 2 nitrogen and oxygen atoms in total. The highest BCUT2D eigenvalue weighted by atomic mass is 15.2. The van der Waals surface area contributed by atoms with E-state index in [1.165, 1.54) is 72.4 Å². The van der Waals surface area contributed by atoms with Gasteiger partial charge in [0.2, 0.25) is 6.71 Å². The minimum Gasteiger partial charge on any atom is -0.311 e. The predicted molar refractivity (Wildman–Crippen MR) is 186 cm³/mol. The normalized spacial score (nSPS) is 14.3. The number of hydrogen-bond donors (Lipinski definition) is 0. The predicted octanol–water partition coefficient (Wildman–Crippen LogP) is 7.72. The third kappa shape index (κ3) is 3.17. The molecule has 1 spiro atoms. The fraction of sp³-hybridized carbons (Fsp3) is 0.0238. The minimum absolute atomic E-state index is 0.101. The first kappa shape index (κ1) is 24.7. The lowest BCUT2D eigenvalue weighted by atomic mass is 9.34. The van der Waals surface area contributed by atoms with Gasteiger partial charge in [-0.15, -0.1) is 0 Å². The van der Waals surface area contributed by atoms with Gasteiger partial charge < -0.3 is 4.90 Å². The van der Waals surface area contributed by atoms with Gasteiger partial charge in [-0.05, 0) is 68.1 Å². The maximum absolute atomic E-state index is 4.45. The van der Waals surface area contributed by atoms with Crippen molar-refractivity contribution in [3.63, 3.8) is 0 Å². The number of rotatable bonds is 2. The number of anilines is 3. The quantitative estimate of drug-likeness (QED) is 0.198. The molecule has 10 rings (SSSR count). The maximum Gasteiger partial charge on any atom is 0.246 e. The van der Waals surface area contributed by atoms with Crippen LogP contribution >= 0.6 is 0 Å². The van der Waals surface area contributed by atoms with Crippen LogP contribution in [-0.4, -0.2) is 11.7 Å². The molecule has 208 valence electrons. The van der Waals surface area contributed by atoms with Crippen LogP contribution in [0.15, 0.2) is 164 Å². The summed E-state index contributed by atoms with van der Waals surface area (Å²) in [6.45, 7) is 0.101. The van der Waals surface area contributed by atoms with Gasteiger partial charge in [-0.3, -0.25) is 4.98 Å². The Morgan fingerprint density at radius 2 is 1.18 bits per heavy atom. The first-order chi connectivity index (χ1) is 22.4. The van der Waals surface area contributed by atoms with Crippen molar-refractivity contribution in [2.45, 2.75) is 5.41 Å². The molecule has 3 aliphatic rings. The van der Waals surface area contributed by atoms with Gasteiger partial charge in [-0.1, -0.05) is 139 Å². The molecule has 0 bridgehead atoms. The van der Waals surface area contributed by atoms with Crippen molar-refractivity contribution in [2.24, 2.45) is 0 Å². The molecule has 0 atom stereocenters. The largest absolute Gasteiger partial charge is 0.311 e. The van der Waals surface area contributed by atoms with Gasteiger partial charge in [0.25, 0.3) is 0 Å². The van der Waals surface area contributed by atoms with Crippen LogP contribution in [0.3, 0.4) is 0 Å². The molecule has 7 aromatic rings. The van der Waals surface area contributed by atoms with Gasteiger partial charge in [0.05, 0.1) is 11.1 Å². The summed E-state index contributed by atoms with van der Waals surface area (Å²) in [6.07, 6.45) is 3.80. The Morgan fingerprint density at radius 1 is 0.489 bits per heavy atom. The second-order valence-corrected chi connectivity index (χ2v) is 12.3. The first-order valence-corrected chi connectivity index (χ1v) is 15.7. The van der Waals surface area contributed by atoms with Crippen molar-refractivity contribution in [1.29, 1.82) is 0 Å². The lowest BCUT2D eigenvalue weighted by molar-refractivity contribution is 0.753. The monoisotopic (exact) mass is 570 g/mol. The van der Waals surface area contributed by atoms with Crippen LogP contribution in [0.1, 0.15) is 22.3 Å². The van der Waals surface area contributed by atoms with E-state index in [-0.39, 0.29) is 6.71 Å². The Morgan fingerprint density at radius 3 is 1.93 bits per heavy atom. The van der Waals surface area contributed by atoms with E-state index in [1.54, 1.807) is 0 Å². The number of aromatic nitrogens is 1. The lowest BCUT2D eigenvalue weighted by Crippen LogP contribution is -2.58. The molecule has 0 fully saturated rings. The molecule has 3 heteroatoms. The third-order valence-electron chi connectivity index (χ3n) is 10.2. The highest BCUT2D eigenvalue weighted by molar-refractivity contribution is 6.98. The molecule has 0 saturated heterocycles. The Labute approximate surface area is 263 Å². The van der Waals surface area contributed by atoms with Crippen LogP contribution in [-0.2, 0) is 5.41 Å². The van der Waals surface area contributed by atoms with Crippen LogP contribution in [0.5, 0.6) is 0 Å². The minimum atomic E-state index is -0.425. The topological polar surface area (TPSA) is 16.1 Å². The van der Waals surface area contributed by atoms with E-state index in [0.29, 0.717) is 0 Å². The molecular weight excluding hydrogens is 543 g/mol. The number of pyridine rings is 1. The lowest BCUT2D eigenvalue weighted by Gasteiger charge is -2.49. The molecule has 3 heterocycles. The van der Waals surface area contributed by atoms with E-state index in [0.717, 1.165) is 5.56 Å². The molecule has 0 saturated carbocycles. The highest BCUT2D eigenvalue weighted by Crippen LogP contribution is 2.63. The average molecular weight is 571 g/mol. The Bertz CT molecular complexity index is 2250. The van der Waals surface area contributed by atoms with Crippen LogP contribution in [0.25, 0.3) is 22.3 Å². The molecule has 1 aliphatic carbocycles. The van der Waals surface area contributed by atoms with Crippen LogP contribution < -0.4 is 21.3 Å². The summed E-state index contributed by atoms with van der Waals surface area (Å²) in [5.74, 6) is 0. The number of para-hydroxylation sites is 2. The summed E-state index contributed by atoms with van der Waals surface area (Å²) in [4.78, 5) is 7.01. The van der Waals surface area contributed by atoms with Crippen LogP contribution in [0.4, 0.5) is 17.1 Å². The van der Waals surface area contributed by atoms with Crippen molar-refractivity contribution in [3.8, 4) is 22.3 Å². The van der Waals surface area contributed by atoms with E-state index >= 15 is 0 Å². The van der Waals surface area contributed by atoms with Gasteiger partial charge >= 0.3 is 0 Å². The number of benzene rings is 6. The number of hydrogen-bond acceptors (Lipinski definition) is 2. The smallest absolute Gasteiger partial charge is 0.246 e. The SMILES string of the molecule is c1ccc(B2c3ccc(-c4cccnc4)cc3N3c4ccccc4C4(c5ccccc5-c5ccccc54)c4cccc2c43)cc1. The summed E-state index contributed by atoms with van der Waals surface area (Å²) in [5.41, 5.74) is 17.6. The Kier molecular flexibility index (Phi) is 5.04. The zero-order valence-corrected chi connectivity index (χ0v) is 24.6. The van der Waals surface area contributed by atoms with Crippen molar-refractivity contribution in [3.05, 3.63) is 186 Å². The van der Waals surface area contributed by atoms with Crippen LogP contribution in [0.2, 0.25) is 0 Å². The third-order valence-corrected chi connectivity index (χ3v) is 10.2. The van der Waals surface area contributed by atoms with Crippen molar-refractivity contribution in [2.75, 3.05) is 4.90 Å². The second kappa shape index (κ2) is 9.17. The molecule has 2 aliphatic heterocycles. The molecular formula is C42H27BN2. The zero-order chi connectivity index (χ0) is 29.5. The fourth-order valence-corrected chi connectivity index (χ4v) is 8.53. The van der Waals surface area contributed by atoms with E-state index in [1.807, 2.05) is 18.5 Å². The van der Waals surface area contributed by atoms with E-state index in [4.69, 9.17) is 0 Å². The molecule has 1 aromatic heterocycles. The van der Waals surface area contributed by atoms with Gasteiger partial charge in [0.15, 0.2) is 0 Å². The molecule has 0 radical (unpaired) electrons. The summed E-state index contributed by atoms with van der Waals surface area (Å²) >= 11 is 0. The highest BCUT2D eigenvalue weighted by Gasteiger charge is 2.53. The molecule has 45 heavy (non-hydrogen) atoms. The van der Waals surface area contributed by atoms with Gasteiger partial charge in [0, 0.05) is 29.3 Å². The fourth-order valence-electron chi connectivity index (χ4n) is 8.53. The van der Waals surface area contributed by atoms with Crippen molar-refractivity contribution >= 4 is 40.2 Å². The zero-order valence-electron chi connectivity index (χ0n) is 24.6. The second-order valence-electron chi connectivity index (χ2n) is 12.3. The van der Waals surface area contributed by atoms with E-state index < -0.39 is 5.41 Å². The molecule has 0 amide bonds. The molecule has 0 unspecified atom stereocenters. The van der Waals surface area contributed by atoms with Crippen LogP contribution in [0, 0.1) is 0 Å². The van der Waals surface area contributed by atoms with Crippen molar-refractivity contribution in [1.82, 2.24) is 4.98 Å². The summed E-state index contributed by atoms with van der Waals surface area (Å²) in [6, 6.07) is 56.4. The van der Waals surface area contributed by atoms with E-state index in [9.17, 15) is 0 Å². The number of fused-ring (bicyclic) bond motifs is 11. The standard InChI is InChI=1S/C42H27BN2/c1-2-13-30(14-3-1)43-37-24-23-28(29-12-11-25-44-27-29)26-40(37)45-39-22-9-8-19-35(39)42(36-20-10-21-38(43)41(36)45)33-17-6-4-15-31(33)32-16-5-7-18-34(32)42/h1-27H. The van der Waals surface area contributed by atoms with E-state index in [2.05, 4.69) is 155 Å². The summed E-state index contributed by atoms with van der Waals surface area (Å²) in [5, 5.41) is 0. The average Bonchev–Trinajstić information content (AvgIpc) is 3.41. The van der Waals surface area contributed by atoms with Crippen molar-refractivity contribution < 1.29 is 0 Å². The summed E-state index contributed by atoms with van der Waals surface area (Å²) < 4.78 is 0. The van der Waals surface area contributed by atoms with Gasteiger partial charge in [-0.25, -0.2) is 0 Å². The number of nitrogens with zero attached hydrogens (tertiary/aromatic N) is 2. The molecule has 6 aromatic carbocycles. The Balaban J connectivity index is 1.36.